The second-order valence-electron chi connectivity index (χ2n) is 8.44. The summed E-state index contributed by atoms with van der Waals surface area (Å²) in [6.07, 6.45) is -3.77. The first-order chi connectivity index (χ1) is 19.3. The molecule has 1 unspecified atom stereocenters. The molecule has 0 spiro atoms. The number of aromatic nitrogens is 3. The van der Waals surface area contributed by atoms with Crippen LogP contribution >= 0.6 is 15.9 Å². The van der Waals surface area contributed by atoms with Crippen LogP contribution in [0, 0.1) is 11.6 Å². The van der Waals surface area contributed by atoms with E-state index in [0.717, 1.165) is 36.4 Å². The van der Waals surface area contributed by atoms with Crippen LogP contribution in [0.25, 0.3) is 11.3 Å². The molecule has 0 aliphatic heterocycles. The van der Waals surface area contributed by atoms with Gasteiger partial charge in [0.25, 0.3) is 5.91 Å². The van der Waals surface area contributed by atoms with Gasteiger partial charge in [0.05, 0.1) is 24.1 Å². The zero-order chi connectivity index (χ0) is 29.9. The van der Waals surface area contributed by atoms with Gasteiger partial charge < -0.3 is 29.5 Å². The summed E-state index contributed by atoms with van der Waals surface area (Å²) in [6, 6.07) is 5.63. The molecule has 4 rings (SSSR count). The highest BCUT2D eigenvalue weighted by Crippen LogP contribution is 2.36. The molecule has 0 saturated carbocycles. The van der Waals surface area contributed by atoms with Crippen molar-refractivity contribution < 1.29 is 45.4 Å². The van der Waals surface area contributed by atoms with Gasteiger partial charge in [0, 0.05) is 18.8 Å². The molecule has 2 aromatic heterocycles. The molecular weight excluding hydrogens is 625 g/mol. The Morgan fingerprint density at radius 1 is 1.17 bits per heavy atom. The van der Waals surface area contributed by atoms with Crippen LogP contribution in [-0.2, 0) is 24.5 Å². The van der Waals surface area contributed by atoms with Crippen molar-refractivity contribution in [1.29, 1.82) is 0 Å². The average Bonchev–Trinajstić information content (AvgIpc) is 3.50. The minimum Gasteiger partial charge on any atom is -0.474 e. The molecule has 16 heteroatoms. The lowest BCUT2D eigenvalue weighted by molar-refractivity contribution is -0.137. The Balaban J connectivity index is 1.60. The van der Waals surface area contributed by atoms with Gasteiger partial charge in [-0.25, -0.2) is 23.5 Å². The van der Waals surface area contributed by atoms with Crippen molar-refractivity contribution in [2.45, 2.75) is 18.8 Å². The predicted molar refractivity (Wildman–Crippen MR) is 134 cm³/mol. The van der Waals surface area contributed by atoms with E-state index in [0.29, 0.717) is 5.69 Å². The molecule has 0 bridgehead atoms. The fourth-order valence-electron chi connectivity index (χ4n) is 3.53. The van der Waals surface area contributed by atoms with E-state index in [2.05, 4.69) is 31.2 Å². The number of ether oxygens (including phenoxy) is 2. The van der Waals surface area contributed by atoms with Crippen LogP contribution < -0.4 is 15.8 Å². The molecule has 1 atom stereocenters. The number of primary amides is 1. The highest BCUT2D eigenvalue weighted by Gasteiger charge is 2.31. The number of nitrogens with one attached hydrogen (secondary N) is 1. The maximum absolute atomic E-state index is 14.9. The van der Waals surface area contributed by atoms with Crippen molar-refractivity contribution in [2.75, 3.05) is 6.61 Å². The van der Waals surface area contributed by atoms with Crippen LogP contribution in [0.4, 0.5) is 26.7 Å². The number of amides is 2. The summed E-state index contributed by atoms with van der Waals surface area (Å²) in [7, 11) is 1.74. The van der Waals surface area contributed by atoms with Crippen molar-refractivity contribution in [3.8, 4) is 17.0 Å². The number of alkyl carbamates (subject to hydrolysis) is 1. The first-order valence-electron chi connectivity index (χ1n) is 11.5. The Bertz CT molecular complexity index is 1570. The van der Waals surface area contributed by atoms with Gasteiger partial charge in [0.2, 0.25) is 12.0 Å². The lowest BCUT2D eigenvalue weighted by Crippen LogP contribution is -2.27. The van der Waals surface area contributed by atoms with E-state index in [-0.39, 0.29) is 28.4 Å². The number of nitrogens with zero attached hydrogens (tertiary/aromatic N) is 3. The maximum atomic E-state index is 14.9. The monoisotopic (exact) mass is 643 g/mol. The highest BCUT2D eigenvalue weighted by atomic mass is 79.9. The standard InChI is InChI=1S/C25H19BrF5N5O5/c1-36-9-14(34-11-36)8-33-24(38)39-10-17(40-16-7-6-15(27)18(19(16)28)22(32)37)23-35-20(21(26)41-23)12-2-4-13(5-3-12)25(29,30)31/h2-7,9,11,17H,8,10H2,1H3,(H2,32,37)(H,33,38). The van der Waals surface area contributed by atoms with Gasteiger partial charge in [-0.2, -0.15) is 13.2 Å². The summed E-state index contributed by atoms with van der Waals surface area (Å²) in [5.74, 6) is -4.99. The van der Waals surface area contributed by atoms with Crippen molar-refractivity contribution in [1.82, 2.24) is 19.9 Å². The van der Waals surface area contributed by atoms with E-state index in [1.54, 1.807) is 17.8 Å². The van der Waals surface area contributed by atoms with Crippen molar-refractivity contribution >= 4 is 27.9 Å². The van der Waals surface area contributed by atoms with E-state index in [9.17, 15) is 31.5 Å². The minimum atomic E-state index is -4.55. The average molecular weight is 644 g/mol. The number of oxazole rings is 1. The molecule has 2 aromatic carbocycles. The number of imidazole rings is 1. The molecule has 41 heavy (non-hydrogen) atoms. The third-order valence-electron chi connectivity index (χ3n) is 5.47. The van der Waals surface area contributed by atoms with Crippen LogP contribution in [0.1, 0.15) is 33.6 Å². The number of alkyl halides is 3. The number of rotatable bonds is 9. The molecule has 2 amide bonds. The van der Waals surface area contributed by atoms with Crippen molar-refractivity contribution in [2.24, 2.45) is 12.8 Å². The Morgan fingerprint density at radius 3 is 2.49 bits per heavy atom. The van der Waals surface area contributed by atoms with Gasteiger partial charge in [-0.05, 0) is 40.2 Å². The largest absolute Gasteiger partial charge is 0.474 e. The SMILES string of the molecule is Cn1cnc(CNC(=O)OCC(Oc2ccc(F)c(C(N)=O)c2F)c2nc(-c3ccc(C(F)(F)F)cc3)c(Br)o2)c1. The summed E-state index contributed by atoms with van der Waals surface area (Å²) in [5.41, 5.74) is 3.92. The van der Waals surface area contributed by atoms with E-state index in [4.69, 9.17) is 19.6 Å². The van der Waals surface area contributed by atoms with E-state index in [1.165, 1.54) is 6.33 Å². The molecule has 216 valence electrons. The minimum absolute atomic E-state index is 0.0162. The van der Waals surface area contributed by atoms with Crippen LogP contribution in [0.2, 0.25) is 0 Å². The maximum Gasteiger partial charge on any atom is 0.416 e. The summed E-state index contributed by atoms with van der Waals surface area (Å²) >= 11 is 3.13. The third kappa shape index (κ3) is 7.00. The van der Waals surface area contributed by atoms with Gasteiger partial charge in [-0.3, -0.25) is 4.79 Å². The first-order valence-corrected chi connectivity index (χ1v) is 12.3. The summed E-state index contributed by atoms with van der Waals surface area (Å²) < 4.78 is 85.7. The Hall–Kier alpha value is -4.47. The molecule has 0 radical (unpaired) electrons. The zero-order valence-corrected chi connectivity index (χ0v) is 22.4. The number of nitrogens with two attached hydrogens (primary N) is 1. The van der Waals surface area contributed by atoms with Crippen molar-refractivity contribution in [3.05, 3.63) is 87.9 Å². The molecule has 10 nitrogen and oxygen atoms in total. The summed E-state index contributed by atoms with van der Waals surface area (Å²) in [5, 5.41) is 2.46. The molecule has 3 N–H and O–H groups in total. The van der Waals surface area contributed by atoms with Crippen molar-refractivity contribution in [3.63, 3.8) is 0 Å². The second kappa shape index (κ2) is 12.0. The Morgan fingerprint density at radius 2 is 1.88 bits per heavy atom. The number of halogens is 6. The number of aryl methyl sites for hydroxylation is 1. The molecule has 4 aromatic rings. The topological polar surface area (TPSA) is 134 Å². The molecular formula is C25H19BrF5N5O5. The van der Waals surface area contributed by atoms with Crippen LogP contribution in [0.15, 0.2) is 58.0 Å². The van der Waals surface area contributed by atoms with Gasteiger partial charge >= 0.3 is 12.3 Å². The number of hydrogen-bond donors (Lipinski definition) is 2. The third-order valence-corrected chi connectivity index (χ3v) is 6.01. The normalized spacial score (nSPS) is 12.2. The number of carbonyl (C=O) groups is 2. The zero-order valence-electron chi connectivity index (χ0n) is 20.8. The number of carbonyl (C=O) groups excluding carboxylic acids is 2. The predicted octanol–water partition coefficient (Wildman–Crippen LogP) is 5.28. The number of hydrogen-bond acceptors (Lipinski definition) is 7. The lowest BCUT2D eigenvalue weighted by atomic mass is 10.1. The molecule has 0 aliphatic carbocycles. The first kappa shape index (κ1) is 29.5. The number of benzene rings is 2. The van der Waals surface area contributed by atoms with Gasteiger partial charge in [-0.1, -0.05) is 12.1 Å². The van der Waals surface area contributed by atoms with Gasteiger partial charge in [0.15, 0.2) is 16.2 Å². The van der Waals surface area contributed by atoms with Gasteiger partial charge in [0.1, 0.15) is 23.7 Å². The Labute approximate surface area is 236 Å². The molecule has 0 aliphatic rings. The van der Waals surface area contributed by atoms with Gasteiger partial charge in [-0.15, -0.1) is 0 Å². The molecule has 2 heterocycles. The second-order valence-corrected chi connectivity index (χ2v) is 9.16. The summed E-state index contributed by atoms with van der Waals surface area (Å²) in [4.78, 5) is 32.1. The fraction of sp³-hybridized carbons (Fsp3) is 0.200. The fourth-order valence-corrected chi connectivity index (χ4v) is 4.02. The molecule has 0 fully saturated rings. The van der Waals surface area contributed by atoms with E-state index in [1.807, 2.05) is 0 Å². The quantitative estimate of drug-likeness (QED) is 0.237. The smallest absolute Gasteiger partial charge is 0.416 e. The van der Waals surface area contributed by atoms with Crippen LogP contribution in [-0.4, -0.2) is 33.1 Å². The molecule has 0 saturated heterocycles. The van der Waals surface area contributed by atoms with Crippen LogP contribution in [0.3, 0.4) is 0 Å². The van der Waals surface area contributed by atoms with E-state index >= 15 is 0 Å². The lowest BCUT2D eigenvalue weighted by Gasteiger charge is -2.17. The van der Waals surface area contributed by atoms with Crippen LogP contribution in [0.5, 0.6) is 5.75 Å². The summed E-state index contributed by atoms with van der Waals surface area (Å²) in [6.45, 7) is -0.613. The van der Waals surface area contributed by atoms with E-state index < -0.39 is 59.4 Å². The Kier molecular flexibility index (Phi) is 8.60. The highest BCUT2D eigenvalue weighted by molar-refractivity contribution is 9.10.